The van der Waals surface area contributed by atoms with Crippen LogP contribution >= 0.6 is 0 Å². The third-order valence-electron chi connectivity index (χ3n) is 5.96. The Kier molecular flexibility index (Phi) is 5.08. The highest BCUT2D eigenvalue weighted by molar-refractivity contribution is 5.96. The van der Waals surface area contributed by atoms with Gasteiger partial charge in [-0.05, 0) is 68.1 Å². The molecule has 0 atom stereocenters. The van der Waals surface area contributed by atoms with Crippen molar-refractivity contribution >= 4 is 16.9 Å². The summed E-state index contributed by atoms with van der Waals surface area (Å²) in [6.07, 6.45) is 3.52. The number of halogens is 2. The molecule has 0 spiro atoms. The first-order chi connectivity index (χ1) is 15.9. The van der Waals surface area contributed by atoms with Crippen molar-refractivity contribution in [3.8, 4) is 16.8 Å². The first-order valence-electron chi connectivity index (χ1n) is 10.9. The van der Waals surface area contributed by atoms with E-state index in [4.69, 9.17) is 0 Å². The Morgan fingerprint density at radius 3 is 2.61 bits per heavy atom. The van der Waals surface area contributed by atoms with E-state index in [-0.39, 0.29) is 23.2 Å². The van der Waals surface area contributed by atoms with Crippen molar-refractivity contribution in [2.45, 2.75) is 39.3 Å². The van der Waals surface area contributed by atoms with E-state index >= 15 is 0 Å². The molecule has 1 aliphatic carbocycles. The highest BCUT2D eigenvalue weighted by atomic mass is 19.1. The smallest absolute Gasteiger partial charge is 0.260 e. The number of carbonyl (C=O) groups excluding carboxylic acids is 1. The maximum Gasteiger partial charge on any atom is 0.260 e. The van der Waals surface area contributed by atoms with Crippen LogP contribution in [0, 0.1) is 18.6 Å². The molecular weight excluding hydrogens is 426 g/mol. The Balaban J connectivity index is 1.68. The van der Waals surface area contributed by atoms with Gasteiger partial charge in [-0.1, -0.05) is 6.07 Å². The van der Waals surface area contributed by atoms with Gasteiger partial charge in [0.2, 0.25) is 0 Å². The monoisotopic (exact) mass is 448 g/mol. The largest absolute Gasteiger partial charge is 0.349 e. The summed E-state index contributed by atoms with van der Waals surface area (Å²) in [5.74, 6) is -1.62. The minimum atomic E-state index is -0.774. The predicted molar refractivity (Wildman–Crippen MR) is 122 cm³/mol. The van der Waals surface area contributed by atoms with E-state index in [9.17, 15) is 18.4 Å². The number of hydrogen-bond donors (Lipinski definition) is 1. The van der Waals surface area contributed by atoms with E-state index in [0.717, 1.165) is 30.5 Å². The Morgan fingerprint density at radius 1 is 1.12 bits per heavy atom. The van der Waals surface area contributed by atoms with Gasteiger partial charge >= 0.3 is 0 Å². The third-order valence-corrected chi connectivity index (χ3v) is 5.96. The van der Waals surface area contributed by atoms with Gasteiger partial charge in [0.1, 0.15) is 17.2 Å². The number of carbonyl (C=O) groups is 1. The molecule has 1 fully saturated rings. The summed E-state index contributed by atoms with van der Waals surface area (Å²) in [4.78, 5) is 26.1. The molecular formula is C25H22F2N4O2. The van der Waals surface area contributed by atoms with Crippen LogP contribution in [0.5, 0.6) is 0 Å². The number of hydrogen-bond acceptors (Lipinski definition) is 3. The predicted octanol–water partition coefficient (Wildman–Crippen LogP) is 4.35. The molecule has 1 N–H and O–H groups in total. The highest BCUT2D eigenvalue weighted by Gasteiger charge is 2.24. The van der Waals surface area contributed by atoms with Gasteiger partial charge in [-0.3, -0.25) is 14.2 Å². The van der Waals surface area contributed by atoms with Gasteiger partial charge in [-0.25, -0.2) is 13.5 Å². The molecule has 8 heteroatoms. The van der Waals surface area contributed by atoms with Crippen molar-refractivity contribution in [3.05, 3.63) is 81.8 Å². The highest BCUT2D eigenvalue weighted by Crippen LogP contribution is 2.28. The van der Waals surface area contributed by atoms with Crippen molar-refractivity contribution in [2.75, 3.05) is 0 Å². The summed E-state index contributed by atoms with van der Waals surface area (Å²) in [5, 5.41) is 7.87. The van der Waals surface area contributed by atoms with Crippen LogP contribution in [-0.2, 0) is 6.54 Å². The van der Waals surface area contributed by atoms with Crippen LogP contribution in [0.25, 0.3) is 27.8 Å². The van der Waals surface area contributed by atoms with Crippen molar-refractivity contribution in [1.82, 2.24) is 19.7 Å². The molecule has 1 aliphatic rings. The Morgan fingerprint density at radius 2 is 1.91 bits per heavy atom. The summed E-state index contributed by atoms with van der Waals surface area (Å²) in [5.41, 5.74) is 2.63. The molecule has 2 aromatic heterocycles. The minimum Gasteiger partial charge on any atom is -0.349 e. The van der Waals surface area contributed by atoms with E-state index in [1.54, 1.807) is 24.4 Å². The number of rotatable bonds is 5. The lowest BCUT2D eigenvalue weighted by atomic mass is 9.98. The molecule has 33 heavy (non-hydrogen) atoms. The number of benzene rings is 2. The van der Waals surface area contributed by atoms with E-state index in [1.165, 1.54) is 15.3 Å². The average Bonchev–Trinajstić information content (AvgIpc) is 3.51. The lowest BCUT2D eigenvalue weighted by Crippen LogP contribution is -2.26. The number of pyridine rings is 1. The van der Waals surface area contributed by atoms with E-state index in [2.05, 4.69) is 10.4 Å². The first-order valence-corrected chi connectivity index (χ1v) is 10.9. The van der Waals surface area contributed by atoms with Crippen LogP contribution in [0.4, 0.5) is 8.78 Å². The standard InChI is InChI=1S/C25H22F2N4O2/c1-3-30-24-16(13-28-31(24)22-9-6-17(26)12-21(22)27)11-20(25(30)33)19-10-15(5-4-14(19)2)23(32)29-18-7-8-18/h4-6,9-13,18H,3,7-8H2,1-2H3,(H,29,32). The molecule has 5 rings (SSSR count). The SMILES string of the molecule is CCn1c(=O)c(-c2cc(C(=O)NC3CC3)ccc2C)cc2cnn(-c3ccc(F)cc3F)c21. The maximum absolute atomic E-state index is 14.5. The third kappa shape index (κ3) is 3.71. The van der Waals surface area contributed by atoms with Crippen LogP contribution in [0.15, 0.2) is 53.5 Å². The second-order valence-corrected chi connectivity index (χ2v) is 8.32. The van der Waals surface area contributed by atoms with Crippen molar-refractivity contribution in [3.63, 3.8) is 0 Å². The molecule has 2 heterocycles. The van der Waals surface area contributed by atoms with Crippen molar-refractivity contribution in [2.24, 2.45) is 0 Å². The molecule has 168 valence electrons. The second-order valence-electron chi connectivity index (χ2n) is 8.32. The zero-order valence-electron chi connectivity index (χ0n) is 18.2. The minimum absolute atomic E-state index is 0.0516. The molecule has 2 aromatic carbocycles. The van der Waals surface area contributed by atoms with Crippen LogP contribution in [0.1, 0.15) is 35.7 Å². The summed E-state index contributed by atoms with van der Waals surface area (Å²) in [6, 6.07) is 10.5. The number of aromatic nitrogens is 3. The average molecular weight is 448 g/mol. The first kappa shape index (κ1) is 21.1. The fraction of sp³-hybridized carbons (Fsp3) is 0.240. The molecule has 4 aromatic rings. The van der Waals surface area contributed by atoms with Crippen LogP contribution in [0.2, 0.25) is 0 Å². The summed E-state index contributed by atoms with van der Waals surface area (Å²) >= 11 is 0. The number of nitrogens with zero attached hydrogens (tertiary/aromatic N) is 3. The van der Waals surface area contributed by atoms with Gasteiger partial charge in [0.05, 0.1) is 6.20 Å². The van der Waals surface area contributed by atoms with Crippen LogP contribution in [-0.4, -0.2) is 26.3 Å². The molecule has 0 bridgehead atoms. The molecule has 0 unspecified atom stereocenters. The summed E-state index contributed by atoms with van der Waals surface area (Å²) < 4.78 is 30.7. The zero-order valence-corrected chi connectivity index (χ0v) is 18.2. The Hall–Kier alpha value is -3.81. The fourth-order valence-corrected chi connectivity index (χ4v) is 4.05. The van der Waals surface area contributed by atoms with E-state index in [1.807, 2.05) is 19.9 Å². The number of aryl methyl sites for hydroxylation is 2. The Labute approximate surface area is 188 Å². The van der Waals surface area contributed by atoms with Gasteiger partial charge in [0, 0.05) is 35.2 Å². The second kappa shape index (κ2) is 7.95. The lowest BCUT2D eigenvalue weighted by Gasteiger charge is -2.14. The van der Waals surface area contributed by atoms with Gasteiger partial charge in [-0.2, -0.15) is 5.10 Å². The van der Waals surface area contributed by atoms with Crippen molar-refractivity contribution < 1.29 is 13.6 Å². The van der Waals surface area contributed by atoms with Crippen molar-refractivity contribution in [1.29, 1.82) is 0 Å². The molecule has 1 amide bonds. The van der Waals surface area contributed by atoms with Gasteiger partial charge in [-0.15, -0.1) is 0 Å². The number of amides is 1. The number of nitrogens with one attached hydrogen (secondary N) is 1. The molecule has 6 nitrogen and oxygen atoms in total. The number of fused-ring (bicyclic) bond motifs is 1. The normalized spacial score (nSPS) is 13.5. The molecule has 0 radical (unpaired) electrons. The zero-order chi connectivity index (χ0) is 23.3. The van der Waals surface area contributed by atoms with Gasteiger partial charge in [0.15, 0.2) is 5.82 Å². The van der Waals surface area contributed by atoms with Gasteiger partial charge < -0.3 is 5.32 Å². The molecule has 1 saturated carbocycles. The van der Waals surface area contributed by atoms with Crippen LogP contribution < -0.4 is 10.9 Å². The fourth-order valence-electron chi connectivity index (χ4n) is 4.05. The molecule has 0 aliphatic heterocycles. The Bertz CT molecular complexity index is 1470. The van der Waals surface area contributed by atoms with Crippen LogP contribution in [0.3, 0.4) is 0 Å². The van der Waals surface area contributed by atoms with E-state index in [0.29, 0.717) is 34.3 Å². The van der Waals surface area contributed by atoms with Gasteiger partial charge in [0.25, 0.3) is 11.5 Å². The van der Waals surface area contributed by atoms with E-state index < -0.39 is 11.6 Å². The topological polar surface area (TPSA) is 68.9 Å². The molecule has 0 saturated heterocycles. The summed E-state index contributed by atoms with van der Waals surface area (Å²) in [6.45, 7) is 4.02. The maximum atomic E-state index is 14.5. The summed E-state index contributed by atoms with van der Waals surface area (Å²) in [7, 11) is 0. The quantitative estimate of drug-likeness (QED) is 0.494. The lowest BCUT2D eigenvalue weighted by molar-refractivity contribution is 0.0951.